The monoisotopic (exact) mass is 503 g/mol. The standard InChI is InChI=1S/C13H4BrF2N3S.C3H9BrSi/c14-12-11-10(8(16)5-18-12)19-13(20-11)9-6(4-17)2-1-3-7(9)15;1-5(2,3)4/h1-3,5H;1-3H3. The minimum absolute atomic E-state index is 0.0856. The Balaban J connectivity index is 0.000000399. The maximum atomic E-state index is 13.9. The molecule has 0 aliphatic heterocycles. The average molecular weight is 505 g/mol. The van der Waals surface area contributed by atoms with E-state index in [1.54, 1.807) is 0 Å². The second-order valence-electron chi connectivity index (χ2n) is 5.93. The molecular weight excluding hydrogens is 492 g/mol. The van der Waals surface area contributed by atoms with E-state index in [0.717, 1.165) is 17.5 Å². The molecule has 0 aliphatic rings. The van der Waals surface area contributed by atoms with Crippen LogP contribution in [-0.4, -0.2) is 16.7 Å². The van der Waals surface area contributed by atoms with E-state index in [1.807, 2.05) is 6.07 Å². The molecule has 0 atom stereocenters. The van der Waals surface area contributed by atoms with Crippen LogP contribution in [0.15, 0.2) is 29.0 Å². The van der Waals surface area contributed by atoms with Crippen LogP contribution in [-0.2, 0) is 0 Å². The van der Waals surface area contributed by atoms with Crippen LogP contribution in [0.25, 0.3) is 20.8 Å². The van der Waals surface area contributed by atoms with Gasteiger partial charge in [0.1, 0.15) is 27.6 Å². The Kier molecular flexibility index (Phi) is 6.43. The highest BCUT2D eigenvalue weighted by Crippen LogP contribution is 2.37. The molecule has 130 valence electrons. The first-order chi connectivity index (χ1) is 11.6. The third-order valence-corrected chi connectivity index (χ3v) is 4.62. The molecule has 0 saturated carbocycles. The van der Waals surface area contributed by atoms with E-state index in [9.17, 15) is 8.78 Å². The van der Waals surface area contributed by atoms with Gasteiger partial charge in [-0.15, -0.1) is 26.6 Å². The molecule has 2 heterocycles. The lowest BCUT2D eigenvalue weighted by Gasteiger charge is -2.00. The van der Waals surface area contributed by atoms with Crippen molar-refractivity contribution in [3.05, 3.63) is 46.2 Å². The van der Waals surface area contributed by atoms with Crippen LogP contribution < -0.4 is 0 Å². The van der Waals surface area contributed by atoms with E-state index in [-0.39, 0.29) is 21.7 Å². The van der Waals surface area contributed by atoms with Crippen molar-refractivity contribution in [1.82, 2.24) is 9.97 Å². The molecule has 25 heavy (non-hydrogen) atoms. The molecular formula is C16H13Br2F2N3SSi. The maximum absolute atomic E-state index is 13.9. The highest BCUT2D eigenvalue weighted by Gasteiger charge is 2.18. The minimum Gasteiger partial charge on any atom is -0.245 e. The fraction of sp³-hybridized carbons (Fsp3) is 0.188. The summed E-state index contributed by atoms with van der Waals surface area (Å²) in [6, 6.07) is 6.10. The number of nitriles is 1. The van der Waals surface area contributed by atoms with Crippen molar-refractivity contribution in [2.75, 3.05) is 0 Å². The molecule has 0 saturated heterocycles. The lowest BCUT2D eigenvalue weighted by atomic mass is 10.1. The van der Waals surface area contributed by atoms with Crippen LogP contribution in [0.3, 0.4) is 0 Å². The smallest absolute Gasteiger partial charge is 0.168 e. The summed E-state index contributed by atoms with van der Waals surface area (Å²) in [5.41, 5.74) is 0.357. The van der Waals surface area contributed by atoms with Gasteiger partial charge in [-0.3, -0.25) is 0 Å². The number of fused-ring (bicyclic) bond motifs is 1. The van der Waals surface area contributed by atoms with Crippen molar-refractivity contribution in [3.63, 3.8) is 0 Å². The zero-order chi connectivity index (χ0) is 18.8. The summed E-state index contributed by atoms with van der Waals surface area (Å²) in [7, 11) is 0. The molecule has 0 fully saturated rings. The van der Waals surface area contributed by atoms with Crippen LogP contribution in [0.2, 0.25) is 19.6 Å². The van der Waals surface area contributed by atoms with Crippen LogP contribution in [0.5, 0.6) is 0 Å². The quantitative estimate of drug-likeness (QED) is 0.216. The van der Waals surface area contributed by atoms with Crippen molar-refractivity contribution in [3.8, 4) is 16.6 Å². The van der Waals surface area contributed by atoms with E-state index in [0.29, 0.717) is 9.30 Å². The predicted octanol–water partition coefficient (Wildman–Crippen LogP) is 6.49. The van der Waals surface area contributed by atoms with Gasteiger partial charge in [-0.2, -0.15) is 5.26 Å². The number of hydrogen-bond donors (Lipinski definition) is 0. The first kappa shape index (κ1) is 20.1. The van der Waals surface area contributed by atoms with E-state index in [4.69, 9.17) is 5.26 Å². The average Bonchev–Trinajstić information content (AvgIpc) is 2.95. The fourth-order valence-electron chi connectivity index (χ4n) is 1.80. The molecule has 0 aliphatic carbocycles. The minimum atomic E-state index is -0.799. The van der Waals surface area contributed by atoms with Gasteiger partial charge in [0.25, 0.3) is 0 Å². The molecule has 3 nitrogen and oxygen atoms in total. The topological polar surface area (TPSA) is 49.6 Å². The number of hydrogen-bond acceptors (Lipinski definition) is 4. The summed E-state index contributed by atoms with van der Waals surface area (Å²) in [5.74, 6) is -1.15. The Bertz CT molecular complexity index is 919. The molecule has 3 rings (SSSR count). The molecule has 0 amide bonds. The highest BCUT2D eigenvalue weighted by molar-refractivity contribution is 9.26. The molecule has 2 aromatic heterocycles. The van der Waals surface area contributed by atoms with E-state index < -0.39 is 18.3 Å². The Hall–Kier alpha value is -1.21. The normalized spacial score (nSPS) is 11.0. The Labute approximate surface area is 165 Å². The molecule has 0 spiro atoms. The number of rotatable bonds is 1. The molecule has 0 N–H and O–H groups in total. The number of halogens is 4. The van der Waals surface area contributed by atoms with Crippen molar-refractivity contribution >= 4 is 59.5 Å². The van der Waals surface area contributed by atoms with Crippen LogP contribution in [0.1, 0.15) is 5.56 Å². The van der Waals surface area contributed by atoms with Gasteiger partial charge in [0.2, 0.25) is 0 Å². The van der Waals surface area contributed by atoms with Gasteiger partial charge in [-0.25, -0.2) is 18.7 Å². The third-order valence-electron chi connectivity index (χ3n) is 2.68. The van der Waals surface area contributed by atoms with E-state index in [2.05, 4.69) is 60.8 Å². The van der Waals surface area contributed by atoms with Gasteiger partial charge in [0, 0.05) is 0 Å². The largest absolute Gasteiger partial charge is 0.245 e. The molecule has 0 bridgehead atoms. The summed E-state index contributed by atoms with van der Waals surface area (Å²) in [6.07, 6.45) is 1.04. The summed E-state index contributed by atoms with van der Waals surface area (Å²) in [4.78, 5) is 7.93. The Morgan fingerprint density at radius 1 is 1.20 bits per heavy atom. The summed E-state index contributed by atoms with van der Waals surface area (Å²) >= 11 is 7.80. The predicted molar refractivity (Wildman–Crippen MR) is 107 cm³/mol. The Morgan fingerprint density at radius 3 is 2.40 bits per heavy atom. The summed E-state index contributed by atoms with van der Waals surface area (Å²) in [6.45, 7) is 5.93. The van der Waals surface area contributed by atoms with Crippen LogP contribution in [0.4, 0.5) is 8.78 Å². The molecule has 1 aromatic carbocycles. The number of benzene rings is 1. The summed E-state index contributed by atoms with van der Waals surface area (Å²) < 4.78 is 28.5. The van der Waals surface area contributed by atoms with Gasteiger partial charge in [0.05, 0.1) is 28.1 Å². The van der Waals surface area contributed by atoms with E-state index in [1.165, 1.54) is 18.2 Å². The first-order valence-electron chi connectivity index (χ1n) is 7.10. The highest BCUT2D eigenvalue weighted by atomic mass is 79.9. The Morgan fingerprint density at radius 2 is 1.84 bits per heavy atom. The van der Waals surface area contributed by atoms with Gasteiger partial charge < -0.3 is 0 Å². The number of aromatic nitrogens is 2. The van der Waals surface area contributed by atoms with Crippen molar-refractivity contribution in [1.29, 1.82) is 5.26 Å². The summed E-state index contributed by atoms with van der Waals surface area (Å²) in [5, 5.41) is 9.30. The zero-order valence-electron chi connectivity index (χ0n) is 13.6. The first-order valence-corrected chi connectivity index (χ1v) is 14.5. The van der Waals surface area contributed by atoms with Crippen LogP contribution >= 0.6 is 42.6 Å². The van der Waals surface area contributed by atoms with Crippen molar-refractivity contribution in [2.45, 2.75) is 19.6 Å². The molecule has 3 aromatic rings. The number of thiazole rings is 1. The fourth-order valence-corrected chi connectivity index (χ4v) is 3.35. The van der Waals surface area contributed by atoms with E-state index >= 15 is 0 Å². The second kappa shape index (κ2) is 7.99. The SMILES string of the molecule is C[Si](C)(C)Br.N#Cc1cccc(F)c1-c1nc2c(F)cnc(Br)c2s1. The lowest BCUT2D eigenvalue weighted by molar-refractivity contribution is 0.628. The van der Waals surface area contributed by atoms with Gasteiger partial charge in [-0.1, -0.05) is 25.7 Å². The molecule has 0 radical (unpaired) electrons. The van der Waals surface area contributed by atoms with Crippen LogP contribution in [0, 0.1) is 23.0 Å². The molecule has 0 unspecified atom stereocenters. The van der Waals surface area contributed by atoms with Gasteiger partial charge in [0.15, 0.2) is 5.82 Å². The van der Waals surface area contributed by atoms with Gasteiger partial charge in [-0.05, 0) is 28.1 Å². The van der Waals surface area contributed by atoms with Gasteiger partial charge >= 0.3 is 0 Å². The number of nitrogens with zero attached hydrogens (tertiary/aromatic N) is 3. The lowest BCUT2D eigenvalue weighted by Crippen LogP contribution is -2.05. The maximum Gasteiger partial charge on any atom is 0.168 e. The second-order valence-corrected chi connectivity index (χ2v) is 19.0. The third kappa shape index (κ3) is 5.14. The zero-order valence-corrected chi connectivity index (χ0v) is 18.6. The van der Waals surface area contributed by atoms with Crippen molar-refractivity contribution in [2.24, 2.45) is 0 Å². The van der Waals surface area contributed by atoms with Crippen molar-refractivity contribution < 1.29 is 8.78 Å². The number of pyridine rings is 1. The molecule has 9 heteroatoms.